The van der Waals surface area contributed by atoms with Crippen molar-refractivity contribution in [2.24, 2.45) is 0 Å². The van der Waals surface area contributed by atoms with Crippen LogP contribution in [0, 0.1) is 5.82 Å². The molecular formula is C18H17Cl2FN2O2. The van der Waals surface area contributed by atoms with Gasteiger partial charge in [0.25, 0.3) is 5.91 Å². The van der Waals surface area contributed by atoms with Crippen molar-refractivity contribution in [3.8, 4) is 0 Å². The van der Waals surface area contributed by atoms with Crippen LogP contribution in [-0.4, -0.2) is 29.3 Å². The Morgan fingerprint density at radius 1 is 1.08 bits per heavy atom. The van der Waals surface area contributed by atoms with E-state index < -0.39 is 5.82 Å². The summed E-state index contributed by atoms with van der Waals surface area (Å²) >= 11 is 11.8. The van der Waals surface area contributed by atoms with E-state index in [2.05, 4.69) is 5.32 Å². The molecule has 0 aliphatic rings. The van der Waals surface area contributed by atoms with Crippen LogP contribution in [0.5, 0.6) is 0 Å². The van der Waals surface area contributed by atoms with Crippen LogP contribution in [0.2, 0.25) is 10.0 Å². The van der Waals surface area contributed by atoms with Gasteiger partial charge in [-0.25, -0.2) is 4.39 Å². The van der Waals surface area contributed by atoms with Crippen LogP contribution < -0.4 is 5.32 Å². The summed E-state index contributed by atoms with van der Waals surface area (Å²) in [5, 5.41) is 3.26. The molecule has 0 aromatic heterocycles. The summed E-state index contributed by atoms with van der Waals surface area (Å²) in [5.74, 6) is -1.10. The summed E-state index contributed by atoms with van der Waals surface area (Å²) in [5.41, 5.74) is 0.801. The van der Waals surface area contributed by atoms with E-state index in [9.17, 15) is 14.0 Å². The van der Waals surface area contributed by atoms with E-state index in [0.717, 1.165) is 0 Å². The summed E-state index contributed by atoms with van der Waals surface area (Å²) in [7, 11) is 0. The van der Waals surface area contributed by atoms with Crippen molar-refractivity contribution >= 4 is 40.7 Å². The lowest BCUT2D eigenvalue weighted by atomic mass is 10.1. The number of carbonyl (C=O) groups excluding carboxylic acids is 2. The minimum atomic E-state index is -0.392. The first kappa shape index (κ1) is 19.2. The SMILES string of the molecule is CC(C)N(CC(=O)Nc1ccc(F)cc1)C(=O)c1ccc(Cl)c(Cl)c1. The van der Waals surface area contributed by atoms with Crippen molar-refractivity contribution in [3.05, 3.63) is 63.9 Å². The van der Waals surface area contributed by atoms with Crippen LogP contribution >= 0.6 is 23.2 Å². The molecule has 0 unspecified atom stereocenters. The van der Waals surface area contributed by atoms with Gasteiger partial charge in [-0.1, -0.05) is 23.2 Å². The molecule has 0 atom stereocenters. The van der Waals surface area contributed by atoms with Crippen molar-refractivity contribution in [3.63, 3.8) is 0 Å². The fraction of sp³-hybridized carbons (Fsp3) is 0.222. The molecule has 132 valence electrons. The molecule has 2 aromatic rings. The fourth-order valence-electron chi connectivity index (χ4n) is 2.17. The van der Waals surface area contributed by atoms with Crippen molar-refractivity contribution in [1.82, 2.24) is 4.90 Å². The summed E-state index contributed by atoms with van der Waals surface area (Å²) < 4.78 is 12.9. The predicted octanol–water partition coefficient (Wildman–Crippen LogP) is 4.62. The summed E-state index contributed by atoms with van der Waals surface area (Å²) in [6.07, 6.45) is 0. The first-order valence-corrected chi connectivity index (χ1v) is 8.35. The van der Waals surface area contributed by atoms with E-state index in [0.29, 0.717) is 16.3 Å². The molecule has 7 heteroatoms. The van der Waals surface area contributed by atoms with Gasteiger partial charge in [-0.2, -0.15) is 0 Å². The van der Waals surface area contributed by atoms with E-state index in [1.54, 1.807) is 19.9 Å². The Hall–Kier alpha value is -2.11. The third kappa shape index (κ3) is 5.18. The zero-order valence-electron chi connectivity index (χ0n) is 13.7. The monoisotopic (exact) mass is 382 g/mol. The molecule has 1 N–H and O–H groups in total. The molecular weight excluding hydrogens is 366 g/mol. The normalized spacial score (nSPS) is 10.6. The van der Waals surface area contributed by atoms with Gasteiger partial charge in [-0.05, 0) is 56.3 Å². The van der Waals surface area contributed by atoms with Gasteiger partial charge in [-0.3, -0.25) is 9.59 Å². The largest absolute Gasteiger partial charge is 0.327 e. The van der Waals surface area contributed by atoms with E-state index >= 15 is 0 Å². The number of rotatable bonds is 5. The molecule has 0 radical (unpaired) electrons. The minimum absolute atomic E-state index is 0.145. The van der Waals surface area contributed by atoms with Gasteiger partial charge in [0, 0.05) is 17.3 Å². The lowest BCUT2D eigenvalue weighted by molar-refractivity contribution is -0.117. The molecule has 2 rings (SSSR count). The quantitative estimate of drug-likeness (QED) is 0.819. The Morgan fingerprint density at radius 3 is 2.28 bits per heavy atom. The Balaban J connectivity index is 2.11. The number of benzene rings is 2. The zero-order valence-corrected chi connectivity index (χ0v) is 15.2. The second-order valence-electron chi connectivity index (χ2n) is 5.71. The molecule has 0 saturated heterocycles. The maximum Gasteiger partial charge on any atom is 0.254 e. The highest BCUT2D eigenvalue weighted by Gasteiger charge is 2.22. The van der Waals surface area contributed by atoms with Gasteiger partial charge in [0.05, 0.1) is 10.0 Å². The molecule has 0 spiro atoms. The molecule has 0 aliphatic carbocycles. The van der Waals surface area contributed by atoms with Crippen molar-refractivity contribution in [2.45, 2.75) is 19.9 Å². The Morgan fingerprint density at radius 2 is 1.72 bits per heavy atom. The molecule has 25 heavy (non-hydrogen) atoms. The van der Waals surface area contributed by atoms with Gasteiger partial charge in [0.15, 0.2) is 0 Å². The van der Waals surface area contributed by atoms with Crippen LogP contribution in [0.15, 0.2) is 42.5 Å². The van der Waals surface area contributed by atoms with Gasteiger partial charge in [0.2, 0.25) is 5.91 Å². The maximum atomic E-state index is 12.9. The number of nitrogens with one attached hydrogen (secondary N) is 1. The second kappa shape index (κ2) is 8.32. The van der Waals surface area contributed by atoms with Crippen molar-refractivity contribution < 1.29 is 14.0 Å². The van der Waals surface area contributed by atoms with Crippen LogP contribution in [-0.2, 0) is 4.79 Å². The van der Waals surface area contributed by atoms with E-state index in [4.69, 9.17) is 23.2 Å². The van der Waals surface area contributed by atoms with E-state index in [-0.39, 0.29) is 29.4 Å². The van der Waals surface area contributed by atoms with Gasteiger partial charge in [0.1, 0.15) is 12.4 Å². The molecule has 0 heterocycles. The fourth-order valence-corrected chi connectivity index (χ4v) is 2.47. The highest BCUT2D eigenvalue weighted by atomic mass is 35.5. The smallest absolute Gasteiger partial charge is 0.254 e. The lowest BCUT2D eigenvalue weighted by Gasteiger charge is -2.26. The van der Waals surface area contributed by atoms with Crippen LogP contribution in [0.4, 0.5) is 10.1 Å². The number of anilines is 1. The summed E-state index contributed by atoms with van der Waals surface area (Å²) in [6.45, 7) is 3.47. The van der Waals surface area contributed by atoms with Crippen LogP contribution in [0.3, 0.4) is 0 Å². The number of amides is 2. The van der Waals surface area contributed by atoms with E-state index in [1.807, 2.05) is 0 Å². The third-order valence-electron chi connectivity index (χ3n) is 3.49. The summed E-state index contributed by atoms with van der Waals surface area (Å²) in [6, 6.07) is 9.76. The van der Waals surface area contributed by atoms with Gasteiger partial charge in [-0.15, -0.1) is 0 Å². The average molecular weight is 383 g/mol. The number of carbonyl (C=O) groups is 2. The number of hydrogen-bond acceptors (Lipinski definition) is 2. The predicted molar refractivity (Wildman–Crippen MR) is 97.7 cm³/mol. The average Bonchev–Trinajstić information content (AvgIpc) is 2.56. The highest BCUT2D eigenvalue weighted by molar-refractivity contribution is 6.42. The maximum absolute atomic E-state index is 12.9. The van der Waals surface area contributed by atoms with Gasteiger partial charge < -0.3 is 10.2 Å². The minimum Gasteiger partial charge on any atom is -0.327 e. The second-order valence-corrected chi connectivity index (χ2v) is 6.53. The lowest BCUT2D eigenvalue weighted by Crippen LogP contribution is -2.42. The molecule has 0 saturated carbocycles. The molecule has 0 aliphatic heterocycles. The number of halogens is 3. The Kier molecular flexibility index (Phi) is 6.39. The molecule has 2 amide bonds. The molecule has 2 aromatic carbocycles. The first-order valence-electron chi connectivity index (χ1n) is 7.59. The molecule has 0 fully saturated rings. The van der Waals surface area contributed by atoms with Crippen LogP contribution in [0.1, 0.15) is 24.2 Å². The van der Waals surface area contributed by atoms with Crippen molar-refractivity contribution in [1.29, 1.82) is 0 Å². The van der Waals surface area contributed by atoms with Crippen LogP contribution in [0.25, 0.3) is 0 Å². The Labute approximate surface area is 155 Å². The highest BCUT2D eigenvalue weighted by Crippen LogP contribution is 2.23. The van der Waals surface area contributed by atoms with Gasteiger partial charge >= 0.3 is 0 Å². The zero-order chi connectivity index (χ0) is 18.6. The topological polar surface area (TPSA) is 49.4 Å². The van der Waals surface area contributed by atoms with Crippen molar-refractivity contribution in [2.75, 3.05) is 11.9 Å². The summed E-state index contributed by atoms with van der Waals surface area (Å²) in [4.78, 5) is 26.3. The first-order chi connectivity index (χ1) is 11.8. The number of hydrogen-bond donors (Lipinski definition) is 1. The third-order valence-corrected chi connectivity index (χ3v) is 4.23. The number of nitrogens with zero attached hydrogens (tertiary/aromatic N) is 1. The molecule has 4 nitrogen and oxygen atoms in total. The van der Waals surface area contributed by atoms with E-state index in [1.165, 1.54) is 41.3 Å². The standard InChI is InChI=1S/C18H17Cl2FN2O2/c1-11(2)23(18(25)12-3-8-15(19)16(20)9-12)10-17(24)22-14-6-4-13(21)5-7-14/h3-9,11H,10H2,1-2H3,(H,22,24). The molecule has 0 bridgehead atoms. The Bertz CT molecular complexity index is 779.